The van der Waals surface area contributed by atoms with Crippen molar-refractivity contribution in [3.63, 3.8) is 0 Å². The average Bonchev–Trinajstić information content (AvgIpc) is 2.81. The van der Waals surface area contributed by atoms with E-state index in [1.165, 1.54) is 44.9 Å². The van der Waals surface area contributed by atoms with Crippen LogP contribution in [0.5, 0.6) is 0 Å². The van der Waals surface area contributed by atoms with Gasteiger partial charge in [-0.3, -0.25) is 4.79 Å². The molecular formula is C19H28O. The van der Waals surface area contributed by atoms with Gasteiger partial charge in [-0.15, -0.1) is 0 Å². The van der Waals surface area contributed by atoms with Crippen molar-refractivity contribution < 1.29 is 4.79 Å². The molecule has 0 aromatic rings. The van der Waals surface area contributed by atoms with Crippen LogP contribution in [-0.2, 0) is 4.79 Å². The summed E-state index contributed by atoms with van der Waals surface area (Å²) < 4.78 is 0. The van der Waals surface area contributed by atoms with Gasteiger partial charge in [0.15, 0.2) is 0 Å². The van der Waals surface area contributed by atoms with E-state index in [1.54, 1.807) is 0 Å². The van der Waals surface area contributed by atoms with E-state index in [2.05, 4.69) is 19.9 Å². The zero-order valence-electron chi connectivity index (χ0n) is 13.1. The van der Waals surface area contributed by atoms with Crippen LogP contribution < -0.4 is 0 Å². The van der Waals surface area contributed by atoms with Crippen LogP contribution in [0, 0.1) is 28.6 Å². The highest BCUT2D eigenvalue weighted by Crippen LogP contribution is 2.64. The third-order valence-electron chi connectivity index (χ3n) is 7.67. The fourth-order valence-electron chi connectivity index (χ4n) is 6.37. The number of hydrogen-bond donors (Lipinski definition) is 0. The molecule has 3 fully saturated rings. The second kappa shape index (κ2) is 4.21. The Labute approximate surface area is 123 Å². The smallest absolute Gasteiger partial charge is 0.133 e. The van der Waals surface area contributed by atoms with Crippen LogP contribution in [-0.4, -0.2) is 5.78 Å². The van der Waals surface area contributed by atoms with Crippen LogP contribution in [0.1, 0.15) is 71.6 Å². The second-order valence-electron chi connectivity index (χ2n) is 8.53. The molecular weight excluding hydrogens is 244 g/mol. The van der Waals surface area contributed by atoms with Crippen molar-refractivity contribution in [3.05, 3.63) is 11.6 Å². The lowest BCUT2D eigenvalue weighted by Gasteiger charge is -2.58. The highest BCUT2D eigenvalue weighted by molar-refractivity contribution is 5.79. The van der Waals surface area contributed by atoms with Crippen LogP contribution in [0.3, 0.4) is 0 Å². The molecule has 0 aromatic heterocycles. The number of Topliss-reactive ketones (excluding diaryl/α,β-unsaturated/α-hetero) is 1. The first-order valence-electron chi connectivity index (χ1n) is 8.75. The van der Waals surface area contributed by atoms with Gasteiger partial charge < -0.3 is 0 Å². The lowest BCUT2D eigenvalue weighted by molar-refractivity contribution is -0.131. The van der Waals surface area contributed by atoms with Crippen molar-refractivity contribution in [3.8, 4) is 0 Å². The summed E-state index contributed by atoms with van der Waals surface area (Å²) in [7, 11) is 0. The Hall–Kier alpha value is -0.590. The van der Waals surface area contributed by atoms with Gasteiger partial charge in [0.05, 0.1) is 0 Å². The molecule has 4 aliphatic rings. The molecule has 3 saturated carbocycles. The molecule has 5 atom stereocenters. The largest absolute Gasteiger partial charge is 0.300 e. The van der Waals surface area contributed by atoms with Gasteiger partial charge in [0.25, 0.3) is 0 Å². The maximum absolute atomic E-state index is 11.8. The van der Waals surface area contributed by atoms with Crippen molar-refractivity contribution >= 4 is 5.78 Å². The van der Waals surface area contributed by atoms with Crippen molar-refractivity contribution in [2.75, 3.05) is 0 Å². The number of carbonyl (C=O) groups is 1. The summed E-state index contributed by atoms with van der Waals surface area (Å²) in [6.45, 7) is 5.04. The summed E-state index contributed by atoms with van der Waals surface area (Å²) in [5.41, 5.74) is 2.82. The van der Waals surface area contributed by atoms with Crippen molar-refractivity contribution in [2.45, 2.75) is 71.6 Å². The van der Waals surface area contributed by atoms with Crippen LogP contribution in [0.15, 0.2) is 11.6 Å². The zero-order chi connectivity index (χ0) is 14.0. The molecule has 0 N–H and O–H groups in total. The molecule has 0 spiro atoms. The maximum Gasteiger partial charge on any atom is 0.133 e. The highest BCUT2D eigenvalue weighted by Gasteiger charge is 2.55. The molecule has 0 amide bonds. The van der Waals surface area contributed by atoms with Crippen LogP contribution in [0.4, 0.5) is 0 Å². The molecule has 4 rings (SSSR count). The molecule has 0 unspecified atom stereocenters. The predicted octanol–water partition coefficient (Wildman–Crippen LogP) is 4.91. The Morgan fingerprint density at radius 1 is 1.10 bits per heavy atom. The Balaban J connectivity index is 1.67. The lowest BCUT2D eigenvalue weighted by atomic mass is 9.46. The molecule has 0 heterocycles. The topological polar surface area (TPSA) is 17.1 Å². The first-order valence-corrected chi connectivity index (χ1v) is 8.75. The fourth-order valence-corrected chi connectivity index (χ4v) is 6.37. The second-order valence-corrected chi connectivity index (χ2v) is 8.53. The van der Waals surface area contributed by atoms with Crippen LogP contribution >= 0.6 is 0 Å². The summed E-state index contributed by atoms with van der Waals surface area (Å²) in [6, 6.07) is 0. The van der Waals surface area contributed by atoms with Gasteiger partial charge in [0, 0.05) is 12.8 Å². The van der Waals surface area contributed by atoms with Gasteiger partial charge in [-0.25, -0.2) is 0 Å². The Kier molecular flexibility index (Phi) is 2.76. The fraction of sp³-hybridized carbons (Fsp3) is 0.842. The number of ketones is 1. The monoisotopic (exact) mass is 272 g/mol. The van der Waals surface area contributed by atoms with Gasteiger partial charge in [0.2, 0.25) is 0 Å². The SMILES string of the molecule is C[C@]12CCC=C1[C@@H]1CC[C@H]3CC(=O)CC[C@@]3(C)[C@H]1CC2. The molecule has 0 aliphatic heterocycles. The molecule has 4 aliphatic carbocycles. The first-order chi connectivity index (χ1) is 9.53. The third kappa shape index (κ3) is 1.64. The minimum Gasteiger partial charge on any atom is -0.300 e. The van der Waals surface area contributed by atoms with Gasteiger partial charge in [-0.2, -0.15) is 0 Å². The van der Waals surface area contributed by atoms with Gasteiger partial charge in [-0.05, 0) is 73.5 Å². The lowest BCUT2D eigenvalue weighted by Crippen LogP contribution is -2.50. The van der Waals surface area contributed by atoms with Crippen LogP contribution in [0.25, 0.3) is 0 Å². The zero-order valence-corrected chi connectivity index (χ0v) is 13.1. The minimum atomic E-state index is 0.460. The van der Waals surface area contributed by atoms with E-state index in [0.29, 0.717) is 22.5 Å². The first kappa shape index (κ1) is 13.1. The van der Waals surface area contributed by atoms with Gasteiger partial charge in [0.1, 0.15) is 5.78 Å². The van der Waals surface area contributed by atoms with Crippen molar-refractivity contribution in [1.82, 2.24) is 0 Å². The highest BCUT2D eigenvalue weighted by atomic mass is 16.1. The summed E-state index contributed by atoms with van der Waals surface area (Å²) >= 11 is 0. The normalized spacial score (nSPS) is 51.0. The number of rotatable bonds is 0. The standard InChI is InChI=1S/C19H28O/c1-18-9-3-4-16(18)15-6-5-13-12-14(20)7-11-19(13,2)17(15)8-10-18/h4,13,15,17H,3,5-12H2,1-2H3/t13-,15-,17-,18+,19+/m0/s1. The van der Waals surface area contributed by atoms with Crippen molar-refractivity contribution in [2.24, 2.45) is 28.6 Å². The molecule has 110 valence electrons. The Morgan fingerprint density at radius 3 is 2.80 bits per heavy atom. The molecule has 1 heteroatoms. The van der Waals surface area contributed by atoms with Crippen LogP contribution in [0.2, 0.25) is 0 Å². The quantitative estimate of drug-likeness (QED) is 0.573. The maximum atomic E-state index is 11.8. The molecule has 0 bridgehead atoms. The molecule has 1 nitrogen and oxygen atoms in total. The van der Waals surface area contributed by atoms with E-state index in [9.17, 15) is 4.79 Å². The summed E-state index contributed by atoms with van der Waals surface area (Å²) in [5, 5.41) is 0. The third-order valence-corrected chi connectivity index (χ3v) is 7.67. The molecule has 0 aromatic carbocycles. The Morgan fingerprint density at radius 2 is 1.95 bits per heavy atom. The predicted molar refractivity (Wildman–Crippen MR) is 81.3 cm³/mol. The molecule has 0 radical (unpaired) electrons. The van der Waals surface area contributed by atoms with Crippen molar-refractivity contribution in [1.29, 1.82) is 0 Å². The molecule has 20 heavy (non-hydrogen) atoms. The van der Waals surface area contributed by atoms with E-state index in [4.69, 9.17) is 0 Å². The number of carbonyl (C=O) groups excluding carboxylic acids is 1. The summed E-state index contributed by atoms with van der Waals surface area (Å²) in [5.74, 6) is 2.94. The number of allylic oxidation sites excluding steroid dienone is 2. The minimum absolute atomic E-state index is 0.460. The number of fused-ring (bicyclic) bond motifs is 5. The number of hydrogen-bond acceptors (Lipinski definition) is 1. The van der Waals surface area contributed by atoms with E-state index in [-0.39, 0.29) is 0 Å². The van der Waals surface area contributed by atoms with Gasteiger partial charge >= 0.3 is 0 Å². The summed E-state index contributed by atoms with van der Waals surface area (Å²) in [6.07, 6.45) is 13.7. The Bertz CT molecular complexity index is 476. The van der Waals surface area contributed by atoms with E-state index < -0.39 is 0 Å². The van der Waals surface area contributed by atoms with E-state index >= 15 is 0 Å². The average molecular weight is 272 g/mol. The summed E-state index contributed by atoms with van der Waals surface area (Å²) in [4.78, 5) is 11.8. The van der Waals surface area contributed by atoms with Gasteiger partial charge in [-0.1, -0.05) is 25.5 Å². The van der Waals surface area contributed by atoms with E-state index in [0.717, 1.165) is 24.7 Å². The van der Waals surface area contributed by atoms with E-state index in [1.807, 2.05) is 5.57 Å². The molecule has 0 saturated heterocycles.